The standard InChI is InChI=1S/C30H28F2N6O4S/c1-3-27(39)38-16-30(17-38)8-10-37(11-9-30)28-22-12-19(4-6-24(22)34-18-35-28)20-13-25(29(42-2)33-15-20)36-43(40,41)26-7-5-21(31)14-23(26)32/h3-7,12-15,18,36H,1,8-11,16-17H2,2H3. The summed E-state index contributed by atoms with van der Waals surface area (Å²) in [4.78, 5) is 28.5. The Morgan fingerprint density at radius 1 is 1.05 bits per heavy atom. The number of halogens is 2. The van der Waals surface area contributed by atoms with E-state index >= 15 is 0 Å². The molecule has 0 bridgehead atoms. The van der Waals surface area contributed by atoms with E-state index < -0.39 is 26.6 Å². The van der Waals surface area contributed by atoms with Crippen molar-refractivity contribution in [3.8, 4) is 17.0 Å². The van der Waals surface area contributed by atoms with Crippen LogP contribution in [0.25, 0.3) is 22.0 Å². The van der Waals surface area contributed by atoms with Crippen LogP contribution >= 0.6 is 0 Å². The zero-order valence-corrected chi connectivity index (χ0v) is 24.1. The normalized spacial score (nSPS) is 16.2. The number of carbonyl (C=O) groups excluding carboxylic acids is 1. The molecule has 1 N–H and O–H groups in total. The third-order valence-electron chi connectivity index (χ3n) is 8.08. The van der Waals surface area contributed by atoms with E-state index in [0.29, 0.717) is 11.6 Å². The summed E-state index contributed by atoms with van der Waals surface area (Å²) in [7, 11) is -3.10. The van der Waals surface area contributed by atoms with Crippen molar-refractivity contribution >= 4 is 38.3 Å². The molecule has 0 aliphatic carbocycles. The van der Waals surface area contributed by atoms with Gasteiger partial charge in [-0.3, -0.25) is 9.52 Å². The van der Waals surface area contributed by atoms with Gasteiger partial charge in [0.25, 0.3) is 10.0 Å². The maximum absolute atomic E-state index is 14.3. The summed E-state index contributed by atoms with van der Waals surface area (Å²) in [5.41, 5.74) is 2.14. The van der Waals surface area contributed by atoms with Crippen LogP contribution in [0, 0.1) is 17.0 Å². The molecule has 2 aromatic carbocycles. The molecule has 2 saturated heterocycles. The van der Waals surface area contributed by atoms with Crippen molar-refractivity contribution in [2.75, 3.05) is 42.9 Å². The third-order valence-corrected chi connectivity index (χ3v) is 9.48. The predicted octanol–water partition coefficient (Wildman–Crippen LogP) is 4.39. The fourth-order valence-corrected chi connectivity index (χ4v) is 6.88. The Balaban J connectivity index is 1.28. The lowest BCUT2D eigenvalue weighted by Crippen LogP contribution is -2.61. The first-order valence-electron chi connectivity index (χ1n) is 13.5. The minimum Gasteiger partial charge on any atom is -0.480 e. The molecule has 222 valence electrons. The lowest BCUT2D eigenvalue weighted by molar-refractivity contribution is -0.139. The number of likely N-dealkylation sites (tertiary alicyclic amines) is 1. The van der Waals surface area contributed by atoms with Crippen LogP contribution in [0.2, 0.25) is 0 Å². The highest BCUT2D eigenvalue weighted by atomic mass is 32.2. The average molecular weight is 607 g/mol. The molecule has 13 heteroatoms. The number of rotatable bonds is 7. The summed E-state index contributed by atoms with van der Waals surface area (Å²) in [5, 5.41) is 0.819. The number of nitrogens with zero attached hydrogens (tertiary/aromatic N) is 5. The van der Waals surface area contributed by atoms with Crippen molar-refractivity contribution in [3.05, 3.63) is 79.3 Å². The molecule has 6 rings (SSSR count). The van der Waals surface area contributed by atoms with Crippen LogP contribution in [0.15, 0.2) is 72.5 Å². The van der Waals surface area contributed by atoms with Gasteiger partial charge in [-0.1, -0.05) is 12.6 Å². The van der Waals surface area contributed by atoms with Crippen LogP contribution in [0.1, 0.15) is 12.8 Å². The van der Waals surface area contributed by atoms with E-state index in [1.165, 1.54) is 31.8 Å². The van der Waals surface area contributed by atoms with E-state index in [9.17, 15) is 22.0 Å². The number of sulfonamides is 1. The number of anilines is 2. The van der Waals surface area contributed by atoms with E-state index in [1.54, 1.807) is 0 Å². The monoisotopic (exact) mass is 606 g/mol. The Morgan fingerprint density at radius 3 is 2.51 bits per heavy atom. The van der Waals surface area contributed by atoms with Gasteiger partial charge in [0.05, 0.1) is 12.6 Å². The molecule has 2 aliphatic rings. The van der Waals surface area contributed by atoms with Gasteiger partial charge in [0, 0.05) is 54.8 Å². The van der Waals surface area contributed by atoms with Crippen molar-refractivity contribution in [2.24, 2.45) is 5.41 Å². The number of hydrogen-bond donors (Lipinski definition) is 1. The van der Waals surface area contributed by atoms with Gasteiger partial charge in [-0.15, -0.1) is 0 Å². The number of piperidine rings is 1. The van der Waals surface area contributed by atoms with Crippen molar-refractivity contribution in [1.29, 1.82) is 0 Å². The zero-order chi connectivity index (χ0) is 30.4. The fraction of sp³-hybridized carbons (Fsp3) is 0.267. The summed E-state index contributed by atoms with van der Waals surface area (Å²) >= 11 is 0. The number of ether oxygens (including phenoxy) is 1. The molecule has 43 heavy (non-hydrogen) atoms. The number of fused-ring (bicyclic) bond motifs is 1. The van der Waals surface area contributed by atoms with E-state index in [2.05, 4.69) is 31.2 Å². The minimum absolute atomic E-state index is 0.0147. The van der Waals surface area contributed by atoms with Crippen LogP contribution < -0.4 is 14.4 Å². The molecule has 2 aliphatic heterocycles. The van der Waals surface area contributed by atoms with Crippen molar-refractivity contribution < 1.29 is 26.7 Å². The quantitative estimate of drug-likeness (QED) is 0.308. The lowest BCUT2D eigenvalue weighted by atomic mass is 9.72. The van der Waals surface area contributed by atoms with Crippen molar-refractivity contribution in [1.82, 2.24) is 19.9 Å². The first-order valence-corrected chi connectivity index (χ1v) is 15.0. The maximum Gasteiger partial charge on any atom is 0.264 e. The SMILES string of the molecule is C=CC(=O)N1CC2(CCN(c3ncnc4ccc(-c5cnc(OC)c(NS(=O)(=O)c6ccc(F)cc6F)c5)cc34)CC2)C1. The largest absolute Gasteiger partial charge is 0.480 e. The van der Waals surface area contributed by atoms with Gasteiger partial charge in [0.15, 0.2) is 0 Å². The first-order chi connectivity index (χ1) is 20.6. The smallest absolute Gasteiger partial charge is 0.264 e. The highest BCUT2D eigenvalue weighted by Crippen LogP contribution is 2.42. The molecule has 0 unspecified atom stereocenters. The van der Waals surface area contributed by atoms with E-state index in [0.717, 1.165) is 73.4 Å². The van der Waals surface area contributed by atoms with Crippen molar-refractivity contribution in [3.63, 3.8) is 0 Å². The molecule has 0 atom stereocenters. The Bertz CT molecular complexity index is 1850. The van der Waals surface area contributed by atoms with Gasteiger partial charge in [0.1, 0.15) is 34.4 Å². The maximum atomic E-state index is 14.3. The molecule has 0 saturated carbocycles. The molecular weight excluding hydrogens is 578 g/mol. The predicted molar refractivity (Wildman–Crippen MR) is 157 cm³/mol. The van der Waals surface area contributed by atoms with Crippen LogP contribution in [-0.2, 0) is 14.8 Å². The van der Waals surface area contributed by atoms with Crippen LogP contribution in [-0.4, -0.2) is 67.5 Å². The first kappa shape index (κ1) is 28.5. The van der Waals surface area contributed by atoms with Crippen LogP contribution in [0.3, 0.4) is 0 Å². The topological polar surface area (TPSA) is 118 Å². The number of carbonyl (C=O) groups is 1. The second kappa shape index (κ2) is 10.9. The molecule has 10 nitrogen and oxygen atoms in total. The number of nitrogens with one attached hydrogen (secondary N) is 1. The molecule has 0 radical (unpaired) electrons. The Labute approximate surface area is 247 Å². The van der Waals surface area contributed by atoms with Gasteiger partial charge in [-0.05, 0) is 54.8 Å². The van der Waals surface area contributed by atoms with Crippen molar-refractivity contribution in [2.45, 2.75) is 17.7 Å². The Hall–Kier alpha value is -4.65. The van der Waals surface area contributed by atoms with Gasteiger partial charge in [-0.2, -0.15) is 0 Å². The molecular formula is C30H28F2N6O4S. The summed E-state index contributed by atoms with van der Waals surface area (Å²) in [5.74, 6) is -1.38. The average Bonchev–Trinajstić information content (AvgIpc) is 2.98. The number of pyridine rings is 1. The molecule has 1 spiro atoms. The number of methoxy groups -OCH3 is 1. The summed E-state index contributed by atoms with van der Waals surface area (Å²) < 4.78 is 61.2. The fourth-order valence-electron chi connectivity index (χ4n) is 5.77. The Morgan fingerprint density at radius 2 is 1.81 bits per heavy atom. The Kier molecular flexibility index (Phi) is 7.20. The lowest BCUT2D eigenvalue weighted by Gasteiger charge is -2.54. The van der Waals surface area contributed by atoms with Gasteiger partial charge < -0.3 is 14.5 Å². The molecule has 2 aromatic heterocycles. The summed E-state index contributed by atoms with van der Waals surface area (Å²) in [6, 6.07) is 9.37. The zero-order valence-electron chi connectivity index (χ0n) is 23.3. The van der Waals surface area contributed by atoms with E-state index in [1.807, 2.05) is 23.1 Å². The molecule has 4 heterocycles. The van der Waals surface area contributed by atoms with Gasteiger partial charge in [-0.25, -0.2) is 32.2 Å². The van der Waals surface area contributed by atoms with Crippen LogP contribution in [0.5, 0.6) is 5.88 Å². The number of aromatic nitrogens is 3. The summed E-state index contributed by atoms with van der Waals surface area (Å²) in [6.45, 7) is 6.62. The molecule has 4 aromatic rings. The molecule has 1 amide bonds. The van der Waals surface area contributed by atoms with E-state index in [-0.39, 0.29) is 22.9 Å². The number of benzene rings is 2. The number of hydrogen-bond acceptors (Lipinski definition) is 8. The second-order valence-corrected chi connectivity index (χ2v) is 12.4. The van der Waals surface area contributed by atoms with Gasteiger partial charge in [0.2, 0.25) is 11.8 Å². The van der Waals surface area contributed by atoms with Gasteiger partial charge >= 0.3 is 0 Å². The summed E-state index contributed by atoms with van der Waals surface area (Å²) in [6.07, 6.45) is 6.29. The third kappa shape index (κ3) is 5.36. The van der Waals surface area contributed by atoms with E-state index in [4.69, 9.17) is 4.74 Å². The highest BCUT2D eigenvalue weighted by molar-refractivity contribution is 7.92. The molecule has 2 fully saturated rings. The highest BCUT2D eigenvalue weighted by Gasteiger charge is 2.46. The number of amides is 1. The minimum atomic E-state index is -4.43. The van der Waals surface area contributed by atoms with Crippen LogP contribution in [0.4, 0.5) is 20.3 Å². The second-order valence-electron chi connectivity index (χ2n) is 10.8.